The third-order valence-corrected chi connectivity index (χ3v) is 4.69. The highest BCUT2D eigenvalue weighted by atomic mass is 16.5. The topological polar surface area (TPSA) is 23.5 Å². The van der Waals surface area contributed by atoms with Gasteiger partial charge in [0.05, 0.1) is 11.4 Å². The van der Waals surface area contributed by atoms with Crippen LogP contribution in [0.5, 0.6) is 0 Å². The van der Waals surface area contributed by atoms with Crippen molar-refractivity contribution in [3.8, 4) is 0 Å². The number of anilines is 2. The molecule has 0 unspecified atom stereocenters. The average molecular weight is 313 g/mol. The summed E-state index contributed by atoms with van der Waals surface area (Å²) in [5.41, 5.74) is 4.00. The minimum atomic E-state index is 0.796. The molecule has 0 aliphatic heterocycles. The maximum atomic E-state index is 11.0. The van der Waals surface area contributed by atoms with Crippen molar-refractivity contribution in [1.82, 2.24) is 0 Å². The molecule has 0 saturated heterocycles. The van der Waals surface area contributed by atoms with E-state index in [1.165, 1.54) is 16.2 Å². The van der Waals surface area contributed by atoms with E-state index in [0.29, 0.717) is 0 Å². The molecule has 0 fully saturated rings. The summed E-state index contributed by atoms with van der Waals surface area (Å²) in [6.07, 6.45) is 0. The summed E-state index contributed by atoms with van der Waals surface area (Å²) in [4.78, 5) is 0. The lowest BCUT2D eigenvalue weighted by atomic mass is 10.0. The highest BCUT2D eigenvalue weighted by Crippen LogP contribution is 2.36. The van der Waals surface area contributed by atoms with Gasteiger partial charge >= 0.3 is 0 Å². The Kier molecular flexibility index (Phi) is 3.47. The first-order valence-corrected chi connectivity index (χ1v) is 8.12. The number of rotatable bonds is 2. The lowest BCUT2D eigenvalue weighted by molar-refractivity contribution is 0.303. The molecule has 0 saturated carbocycles. The zero-order valence-electron chi connectivity index (χ0n) is 13.8. The van der Waals surface area contributed by atoms with E-state index >= 15 is 0 Å². The standard InChI is InChI=1S/C22H19NO/c1-15-11-13-21(19-9-5-3-7-17(15)19)23(24)22-14-12-16(2)18-8-4-6-10-20(18)22/h3-14,24H,1-2H3. The van der Waals surface area contributed by atoms with Gasteiger partial charge in [0.15, 0.2) is 0 Å². The van der Waals surface area contributed by atoms with Crippen LogP contribution >= 0.6 is 0 Å². The molecule has 4 rings (SSSR count). The van der Waals surface area contributed by atoms with Crippen LogP contribution in [0, 0.1) is 13.8 Å². The first-order chi connectivity index (χ1) is 11.7. The predicted molar refractivity (Wildman–Crippen MR) is 101 cm³/mol. The largest absolute Gasteiger partial charge is 0.283 e. The molecule has 118 valence electrons. The molecule has 4 aromatic carbocycles. The third kappa shape index (κ3) is 2.24. The van der Waals surface area contributed by atoms with Crippen molar-refractivity contribution < 1.29 is 5.21 Å². The van der Waals surface area contributed by atoms with Crippen LogP contribution in [0.4, 0.5) is 11.4 Å². The highest BCUT2D eigenvalue weighted by Gasteiger charge is 2.14. The first-order valence-electron chi connectivity index (χ1n) is 8.12. The Hall–Kier alpha value is -2.84. The van der Waals surface area contributed by atoms with Gasteiger partial charge in [-0.1, -0.05) is 60.7 Å². The van der Waals surface area contributed by atoms with Crippen LogP contribution in [-0.2, 0) is 0 Å². The summed E-state index contributed by atoms with van der Waals surface area (Å²) in [6, 6.07) is 24.4. The number of nitrogens with zero attached hydrogens (tertiary/aromatic N) is 1. The number of aryl methyl sites for hydroxylation is 2. The van der Waals surface area contributed by atoms with Crippen LogP contribution in [0.2, 0.25) is 0 Å². The van der Waals surface area contributed by atoms with E-state index < -0.39 is 0 Å². The van der Waals surface area contributed by atoms with Gasteiger partial charge in [0, 0.05) is 10.8 Å². The SMILES string of the molecule is Cc1ccc(N(O)c2ccc(C)c3ccccc23)c2ccccc12. The smallest absolute Gasteiger partial charge is 0.0771 e. The molecule has 4 aromatic rings. The Labute approximate surface area is 141 Å². The quantitative estimate of drug-likeness (QED) is 0.449. The summed E-state index contributed by atoms with van der Waals surface area (Å²) in [5.74, 6) is 0. The monoisotopic (exact) mass is 313 g/mol. The number of hydrogen-bond acceptors (Lipinski definition) is 2. The average Bonchev–Trinajstić information content (AvgIpc) is 2.62. The third-order valence-electron chi connectivity index (χ3n) is 4.69. The molecule has 2 nitrogen and oxygen atoms in total. The second-order valence-corrected chi connectivity index (χ2v) is 6.21. The summed E-state index contributed by atoms with van der Waals surface area (Å²) in [6.45, 7) is 4.18. The lowest BCUT2D eigenvalue weighted by Gasteiger charge is -2.22. The normalized spacial score (nSPS) is 11.1. The van der Waals surface area contributed by atoms with Crippen molar-refractivity contribution in [2.45, 2.75) is 13.8 Å². The van der Waals surface area contributed by atoms with Gasteiger partial charge in [-0.25, -0.2) is 5.06 Å². The van der Waals surface area contributed by atoms with Crippen molar-refractivity contribution >= 4 is 32.9 Å². The van der Waals surface area contributed by atoms with Crippen LogP contribution in [-0.4, -0.2) is 5.21 Å². The molecule has 1 N–H and O–H groups in total. The number of hydrogen-bond donors (Lipinski definition) is 1. The van der Waals surface area contributed by atoms with E-state index in [-0.39, 0.29) is 0 Å². The van der Waals surface area contributed by atoms with Gasteiger partial charge in [-0.05, 0) is 47.9 Å². The molecule has 0 aliphatic rings. The minimum absolute atomic E-state index is 0.796. The Balaban J connectivity index is 1.97. The summed E-state index contributed by atoms with van der Waals surface area (Å²) in [7, 11) is 0. The first kappa shape index (κ1) is 14.7. The number of fused-ring (bicyclic) bond motifs is 2. The van der Waals surface area contributed by atoms with Crippen LogP contribution in [0.25, 0.3) is 21.5 Å². The van der Waals surface area contributed by atoms with Crippen LogP contribution in [0.1, 0.15) is 11.1 Å². The molecule has 0 aromatic heterocycles. The van der Waals surface area contributed by atoms with Gasteiger partial charge < -0.3 is 0 Å². The van der Waals surface area contributed by atoms with Crippen LogP contribution in [0.3, 0.4) is 0 Å². The molecule has 24 heavy (non-hydrogen) atoms. The molecule has 0 amide bonds. The fourth-order valence-electron chi connectivity index (χ4n) is 3.37. The molecule has 0 heterocycles. The van der Waals surface area contributed by atoms with Gasteiger partial charge in [-0.2, -0.15) is 0 Å². The second kappa shape index (κ2) is 5.66. The van der Waals surface area contributed by atoms with Crippen molar-refractivity contribution in [2.24, 2.45) is 0 Å². The van der Waals surface area contributed by atoms with E-state index in [4.69, 9.17) is 0 Å². The second-order valence-electron chi connectivity index (χ2n) is 6.21. The van der Waals surface area contributed by atoms with Crippen LogP contribution in [0.15, 0.2) is 72.8 Å². The van der Waals surface area contributed by atoms with E-state index in [0.717, 1.165) is 32.9 Å². The maximum Gasteiger partial charge on any atom is 0.0771 e. The lowest BCUT2D eigenvalue weighted by Crippen LogP contribution is -2.11. The Morgan fingerprint density at radius 1 is 0.542 bits per heavy atom. The highest BCUT2D eigenvalue weighted by molar-refractivity contribution is 6.02. The van der Waals surface area contributed by atoms with E-state index in [1.807, 2.05) is 36.4 Å². The van der Waals surface area contributed by atoms with Gasteiger partial charge in [0.2, 0.25) is 0 Å². The van der Waals surface area contributed by atoms with Gasteiger partial charge in [-0.3, -0.25) is 5.21 Å². The summed E-state index contributed by atoms with van der Waals surface area (Å²) < 4.78 is 0. The van der Waals surface area contributed by atoms with E-state index in [1.54, 1.807) is 0 Å². The Morgan fingerprint density at radius 3 is 1.33 bits per heavy atom. The van der Waals surface area contributed by atoms with Gasteiger partial charge in [0.25, 0.3) is 0 Å². The molecule has 0 aliphatic carbocycles. The van der Waals surface area contributed by atoms with Crippen LogP contribution < -0.4 is 5.06 Å². The fourth-order valence-corrected chi connectivity index (χ4v) is 3.37. The maximum absolute atomic E-state index is 11.0. The molecule has 2 heteroatoms. The molecule has 0 atom stereocenters. The molecule has 0 spiro atoms. The summed E-state index contributed by atoms with van der Waals surface area (Å²) >= 11 is 0. The molecule has 0 radical (unpaired) electrons. The van der Waals surface area contributed by atoms with E-state index in [9.17, 15) is 5.21 Å². The van der Waals surface area contributed by atoms with Crippen molar-refractivity contribution in [2.75, 3.05) is 5.06 Å². The zero-order chi connectivity index (χ0) is 16.7. The number of benzene rings is 4. The summed E-state index contributed by atoms with van der Waals surface area (Å²) in [5, 5.41) is 16.7. The minimum Gasteiger partial charge on any atom is -0.283 e. The Morgan fingerprint density at radius 2 is 0.917 bits per heavy atom. The molecule has 0 bridgehead atoms. The van der Waals surface area contributed by atoms with Gasteiger partial charge in [-0.15, -0.1) is 0 Å². The fraction of sp³-hybridized carbons (Fsp3) is 0.0909. The predicted octanol–water partition coefficient (Wildman–Crippen LogP) is 6.14. The molecular formula is C22H19NO. The van der Waals surface area contributed by atoms with Gasteiger partial charge in [0.1, 0.15) is 0 Å². The van der Waals surface area contributed by atoms with Crippen molar-refractivity contribution in [3.05, 3.63) is 83.9 Å². The zero-order valence-corrected chi connectivity index (χ0v) is 13.8. The Bertz CT molecular complexity index is 967. The van der Waals surface area contributed by atoms with Crippen molar-refractivity contribution in [1.29, 1.82) is 0 Å². The molecular weight excluding hydrogens is 294 g/mol. The van der Waals surface area contributed by atoms with Crippen molar-refractivity contribution in [3.63, 3.8) is 0 Å². The van der Waals surface area contributed by atoms with E-state index in [2.05, 4.69) is 50.2 Å².